The predicted molar refractivity (Wildman–Crippen MR) is 77.9 cm³/mol. The molecule has 1 unspecified atom stereocenters. The van der Waals surface area contributed by atoms with Gasteiger partial charge in [-0.2, -0.15) is 0 Å². The predicted octanol–water partition coefficient (Wildman–Crippen LogP) is 2.55. The molecule has 0 N–H and O–H groups in total. The number of Topliss-reactive ketones (excluding diaryl/α,β-unsaturated/α-hetero) is 1. The van der Waals surface area contributed by atoms with Gasteiger partial charge in [-0.25, -0.2) is 4.79 Å². The molecule has 0 radical (unpaired) electrons. The molecular formula is C17H14O5. The lowest BCUT2D eigenvalue weighted by Gasteiger charge is -2.25. The van der Waals surface area contributed by atoms with E-state index in [2.05, 4.69) is 0 Å². The molecule has 1 aliphatic rings. The van der Waals surface area contributed by atoms with E-state index < -0.39 is 17.5 Å². The zero-order chi connectivity index (χ0) is 15.7. The van der Waals surface area contributed by atoms with Gasteiger partial charge in [-0.15, -0.1) is 0 Å². The maximum absolute atomic E-state index is 12.9. The van der Waals surface area contributed by atoms with Crippen molar-refractivity contribution in [3.05, 3.63) is 65.2 Å². The van der Waals surface area contributed by atoms with E-state index >= 15 is 0 Å². The summed E-state index contributed by atoms with van der Waals surface area (Å²) in [6.45, 7) is 0. The molecule has 1 heterocycles. The summed E-state index contributed by atoms with van der Waals surface area (Å²) in [5.41, 5.74) is 1.08. The summed E-state index contributed by atoms with van der Waals surface area (Å²) in [7, 11) is 2.86. The third-order valence-electron chi connectivity index (χ3n) is 3.66. The summed E-state index contributed by atoms with van der Waals surface area (Å²) < 4.78 is 15.8. The molecule has 0 fully saturated rings. The summed E-state index contributed by atoms with van der Waals surface area (Å²) in [4.78, 5) is 24.9. The Morgan fingerprint density at radius 2 is 1.86 bits per heavy atom. The molecular weight excluding hydrogens is 284 g/mol. The first-order valence-corrected chi connectivity index (χ1v) is 6.69. The van der Waals surface area contributed by atoms with Gasteiger partial charge in [-0.05, 0) is 18.2 Å². The summed E-state index contributed by atoms with van der Waals surface area (Å²) >= 11 is 0. The van der Waals surface area contributed by atoms with Gasteiger partial charge in [0.05, 0.1) is 12.7 Å². The fraction of sp³-hybridized carbons (Fsp3) is 0.176. The van der Waals surface area contributed by atoms with Gasteiger partial charge < -0.3 is 14.2 Å². The Kier molecular flexibility index (Phi) is 3.42. The van der Waals surface area contributed by atoms with Crippen LogP contribution in [0.3, 0.4) is 0 Å². The molecule has 22 heavy (non-hydrogen) atoms. The lowest BCUT2D eigenvalue weighted by Crippen LogP contribution is -2.38. The van der Waals surface area contributed by atoms with Gasteiger partial charge in [0.2, 0.25) is 5.78 Å². The van der Waals surface area contributed by atoms with Gasteiger partial charge in [0.15, 0.2) is 0 Å². The molecule has 0 spiro atoms. The molecule has 1 aliphatic heterocycles. The summed E-state index contributed by atoms with van der Waals surface area (Å²) in [6, 6.07) is 13.3. The Hall–Kier alpha value is -2.66. The average molecular weight is 298 g/mol. The molecule has 5 heteroatoms. The van der Waals surface area contributed by atoms with Crippen LogP contribution >= 0.6 is 0 Å². The number of hydrogen-bond acceptors (Lipinski definition) is 5. The second-order valence-corrected chi connectivity index (χ2v) is 4.82. The molecule has 0 aliphatic carbocycles. The summed E-state index contributed by atoms with van der Waals surface area (Å²) in [5.74, 6) is -2.24. The molecule has 2 aromatic rings. The Labute approximate surface area is 127 Å². The number of fused-ring (bicyclic) bond motifs is 1. The van der Waals surface area contributed by atoms with Crippen LogP contribution in [0.4, 0.5) is 0 Å². The van der Waals surface area contributed by atoms with Crippen molar-refractivity contribution in [2.75, 3.05) is 14.2 Å². The molecule has 0 saturated carbocycles. The Morgan fingerprint density at radius 1 is 1.09 bits per heavy atom. The Morgan fingerprint density at radius 3 is 2.59 bits per heavy atom. The summed E-state index contributed by atoms with van der Waals surface area (Å²) in [6.07, 6.45) is 0. The number of benzene rings is 2. The van der Waals surface area contributed by atoms with E-state index in [0.717, 1.165) is 0 Å². The zero-order valence-electron chi connectivity index (χ0n) is 12.2. The van der Waals surface area contributed by atoms with Gasteiger partial charge >= 0.3 is 11.8 Å². The van der Waals surface area contributed by atoms with Crippen LogP contribution in [0.1, 0.15) is 26.3 Å². The Bertz CT molecular complexity index is 752. The van der Waals surface area contributed by atoms with Crippen LogP contribution in [0, 0.1) is 0 Å². The number of carbonyl (C=O) groups excluding carboxylic acids is 2. The third kappa shape index (κ3) is 1.98. The maximum atomic E-state index is 12.9. The van der Waals surface area contributed by atoms with Gasteiger partial charge in [0.25, 0.3) is 0 Å². The average Bonchev–Trinajstić information content (AvgIpc) is 2.88. The minimum absolute atomic E-state index is 0.334. The highest BCUT2D eigenvalue weighted by atomic mass is 16.7. The zero-order valence-corrected chi connectivity index (χ0v) is 12.2. The minimum Gasteiger partial charge on any atom is -0.497 e. The van der Waals surface area contributed by atoms with Gasteiger partial charge in [-0.1, -0.05) is 30.3 Å². The van der Waals surface area contributed by atoms with Crippen LogP contribution in [0.15, 0.2) is 48.5 Å². The first kappa shape index (κ1) is 14.3. The number of carbonyl (C=O) groups is 2. The van der Waals surface area contributed by atoms with Crippen LogP contribution in [-0.4, -0.2) is 26.0 Å². The van der Waals surface area contributed by atoms with Crippen LogP contribution in [-0.2, 0) is 15.3 Å². The number of rotatable bonds is 4. The minimum atomic E-state index is -1.75. The van der Waals surface area contributed by atoms with Crippen LogP contribution < -0.4 is 4.74 Å². The standard InChI is InChI=1S/C17H14O5/c1-20-12-7-5-6-11(10-12)15(18)17(21-2)14-9-4-3-8-13(14)16(19)22-17/h3-10H,1-2H3. The first-order chi connectivity index (χ1) is 10.6. The number of ether oxygens (including phenoxy) is 3. The molecule has 5 nitrogen and oxygen atoms in total. The van der Waals surface area contributed by atoms with Crippen molar-refractivity contribution < 1.29 is 23.8 Å². The van der Waals surface area contributed by atoms with Crippen LogP contribution in [0.25, 0.3) is 0 Å². The van der Waals surface area contributed by atoms with Crippen molar-refractivity contribution in [3.63, 3.8) is 0 Å². The highest BCUT2D eigenvalue weighted by molar-refractivity contribution is 6.08. The van der Waals surface area contributed by atoms with Crippen molar-refractivity contribution >= 4 is 11.8 Å². The van der Waals surface area contributed by atoms with E-state index in [4.69, 9.17) is 14.2 Å². The Balaban J connectivity index is 2.12. The highest BCUT2D eigenvalue weighted by Gasteiger charge is 2.52. The SMILES string of the molecule is COc1cccc(C(=O)C2(OC)OC(=O)c3ccccc32)c1. The first-order valence-electron chi connectivity index (χ1n) is 6.69. The topological polar surface area (TPSA) is 61.8 Å². The van der Waals surface area contributed by atoms with Crippen molar-refractivity contribution in [3.8, 4) is 5.75 Å². The second-order valence-electron chi connectivity index (χ2n) is 4.82. The van der Waals surface area contributed by atoms with Gasteiger partial charge in [-0.3, -0.25) is 4.79 Å². The molecule has 0 bridgehead atoms. The number of methoxy groups -OCH3 is 2. The molecule has 1 atom stereocenters. The fourth-order valence-electron chi connectivity index (χ4n) is 2.56. The molecule has 0 amide bonds. The number of cyclic esters (lactones) is 1. The van der Waals surface area contributed by atoms with Crippen molar-refractivity contribution in [1.82, 2.24) is 0 Å². The van der Waals surface area contributed by atoms with E-state index in [1.54, 1.807) is 48.5 Å². The largest absolute Gasteiger partial charge is 0.497 e. The molecule has 2 aromatic carbocycles. The molecule has 0 aromatic heterocycles. The maximum Gasteiger partial charge on any atom is 0.341 e. The highest BCUT2D eigenvalue weighted by Crippen LogP contribution is 2.39. The lowest BCUT2D eigenvalue weighted by molar-refractivity contribution is -0.149. The summed E-state index contributed by atoms with van der Waals surface area (Å²) in [5, 5.41) is 0. The number of esters is 1. The van der Waals surface area contributed by atoms with Crippen molar-refractivity contribution in [2.45, 2.75) is 5.79 Å². The normalized spacial score (nSPS) is 19.5. The second kappa shape index (κ2) is 5.27. The smallest absolute Gasteiger partial charge is 0.341 e. The number of ketones is 1. The van der Waals surface area contributed by atoms with Gasteiger partial charge in [0.1, 0.15) is 5.75 Å². The van der Waals surface area contributed by atoms with E-state index in [-0.39, 0.29) is 0 Å². The van der Waals surface area contributed by atoms with Gasteiger partial charge in [0, 0.05) is 18.2 Å². The van der Waals surface area contributed by atoms with Crippen LogP contribution in [0.5, 0.6) is 5.75 Å². The van der Waals surface area contributed by atoms with E-state index in [1.807, 2.05) is 0 Å². The van der Waals surface area contributed by atoms with E-state index in [9.17, 15) is 9.59 Å². The van der Waals surface area contributed by atoms with Crippen LogP contribution in [0.2, 0.25) is 0 Å². The molecule has 3 rings (SSSR count). The number of hydrogen-bond donors (Lipinski definition) is 0. The monoisotopic (exact) mass is 298 g/mol. The fourth-order valence-corrected chi connectivity index (χ4v) is 2.56. The van der Waals surface area contributed by atoms with Crippen molar-refractivity contribution in [2.24, 2.45) is 0 Å². The quantitative estimate of drug-likeness (QED) is 0.641. The van der Waals surface area contributed by atoms with Crippen molar-refractivity contribution in [1.29, 1.82) is 0 Å². The van der Waals surface area contributed by atoms with E-state index in [0.29, 0.717) is 22.4 Å². The van der Waals surface area contributed by atoms with E-state index in [1.165, 1.54) is 14.2 Å². The third-order valence-corrected chi connectivity index (χ3v) is 3.66. The molecule has 112 valence electrons. The lowest BCUT2D eigenvalue weighted by atomic mass is 9.94. The molecule has 0 saturated heterocycles.